The molecule has 0 aromatic heterocycles. The van der Waals surface area contributed by atoms with E-state index in [2.05, 4.69) is 0 Å². The van der Waals surface area contributed by atoms with Gasteiger partial charge in [0.2, 0.25) is 10.0 Å². The molecule has 0 saturated heterocycles. The first-order valence-corrected chi connectivity index (χ1v) is 7.42. The number of hydrogen-bond acceptors (Lipinski definition) is 5. The van der Waals surface area contributed by atoms with Gasteiger partial charge in [0, 0.05) is 19.6 Å². The predicted molar refractivity (Wildman–Crippen MR) is 72.0 cm³/mol. The second-order valence-electron chi connectivity index (χ2n) is 4.16. The SMILES string of the molecule is Cc1ccc(CN)cc1S(=O)(=O)N(CCO)CCO. The van der Waals surface area contributed by atoms with Crippen LogP contribution in [0.15, 0.2) is 23.1 Å². The van der Waals surface area contributed by atoms with Crippen molar-refractivity contribution in [3.05, 3.63) is 29.3 Å². The summed E-state index contributed by atoms with van der Waals surface area (Å²) >= 11 is 0. The highest BCUT2D eigenvalue weighted by Crippen LogP contribution is 2.21. The van der Waals surface area contributed by atoms with Crippen molar-refractivity contribution in [1.82, 2.24) is 4.31 Å². The lowest BCUT2D eigenvalue weighted by atomic mass is 10.1. The Hall–Kier alpha value is -0.990. The Morgan fingerprint density at radius 1 is 1.21 bits per heavy atom. The Balaban J connectivity index is 3.23. The van der Waals surface area contributed by atoms with Gasteiger partial charge in [-0.2, -0.15) is 4.31 Å². The van der Waals surface area contributed by atoms with E-state index in [1.54, 1.807) is 19.1 Å². The van der Waals surface area contributed by atoms with Crippen LogP contribution in [0.5, 0.6) is 0 Å². The van der Waals surface area contributed by atoms with E-state index in [0.29, 0.717) is 5.56 Å². The van der Waals surface area contributed by atoms with E-state index in [1.165, 1.54) is 6.07 Å². The fourth-order valence-electron chi connectivity index (χ4n) is 1.76. The van der Waals surface area contributed by atoms with E-state index < -0.39 is 10.0 Å². The minimum Gasteiger partial charge on any atom is -0.395 e. The highest BCUT2D eigenvalue weighted by Gasteiger charge is 2.25. The molecule has 0 spiro atoms. The Morgan fingerprint density at radius 2 is 1.79 bits per heavy atom. The van der Waals surface area contributed by atoms with Crippen molar-refractivity contribution >= 4 is 10.0 Å². The first kappa shape index (κ1) is 16.1. The summed E-state index contributed by atoms with van der Waals surface area (Å²) in [7, 11) is -3.73. The first-order valence-electron chi connectivity index (χ1n) is 5.98. The van der Waals surface area contributed by atoms with Gasteiger partial charge in [-0.3, -0.25) is 0 Å². The molecule has 0 aliphatic rings. The third-order valence-electron chi connectivity index (χ3n) is 2.80. The molecule has 7 heteroatoms. The number of hydrogen-bond donors (Lipinski definition) is 3. The highest BCUT2D eigenvalue weighted by atomic mass is 32.2. The molecule has 19 heavy (non-hydrogen) atoms. The molecule has 108 valence electrons. The van der Waals surface area contributed by atoms with Crippen LogP contribution in [0.4, 0.5) is 0 Å². The maximum Gasteiger partial charge on any atom is 0.243 e. The minimum absolute atomic E-state index is 0.0464. The molecule has 0 heterocycles. The topological polar surface area (TPSA) is 104 Å². The van der Waals surface area contributed by atoms with Crippen molar-refractivity contribution in [3.63, 3.8) is 0 Å². The number of nitrogens with zero attached hydrogens (tertiary/aromatic N) is 1. The number of aliphatic hydroxyl groups is 2. The van der Waals surface area contributed by atoms with Crippen molar-refractivity contribution in [3.8, 4) is 0 Å². The molecule has 0 radical (unpaired) electrons. The van der Waals surface area contributed by atoms with Crippen LogP contribution in [0.25, 0.3) is 0 Å². The molecule has 0 fully saturated rings. The lowest BCUT2D eigenvalue weighted by Crippen LogP contribution is -2.36. The molecule has 0 saturated carbocycles. The maximum atomic E-state index is 12.5. The van der Waals surface area contributed by atoms with E-state index >= 15 is 0 Å². The molecule has 0 amide bonds. The fraction of sp³-hybridized carbons (Fsp3) is 0.500. The molecule has 0 unspecified atom stereocenters. The molecule has 4 N–H and O–H groups in total. The van der Waals surface area contributed by atoms with Crippen LogP contribution in [0.2, 0.25) is 0 Å². The molecule has 6 nitrogen and oxygen atoms in total. The summed E-state index contributed by atoms with van der Waals surface area (Å²) in [5, 5.41) is 17.9. The van der Waals surface area contributed by atoms with E-state index in [-0.39, 0.29) is 37.7 Å². The van der Waals surface area contributed by atoms with Crippen LogP contribution in [0.1, 0.15) is 11.1 Å². The average Bonchev–Trinajstić information content (AvgIpc) is 2.39. The summed E-state index contributed by atoms with van der Waals surface area (Å²) in [6, 6.07) is 5.01. The van der Waals surface area contributed by atoms with Gasteiger partial charge in [-0.25, -0.2) is 8.42 Å². The number of aliphatic hydroxyl groups excluding tert-OH is 2. The maximum absolute atomic E-state index is 12.5. The highest BCUT2D eigenvalue weighted by molar-refractivity contribution is 7.89. The second kappa shape index (κ2) is 6.97. The number of sulfonamides is 1. The van der Waals surface area contributed by atoms with Crippen molar-refractivity contribution in [1.29, 1.82) is 0 Å². The zero-order valence-corrected chi connectivity index (χ0v) is 11.7. The molecule has 0 atom stereocenters. The van der Waals surface area contributed by atoms with Gasteiger partial charge in [-0.05, 0) is 24.1 Å². The molecule has 0 bridgehead atoms. The smallest absolute Gasteiger partial charge is 0.243 e. The van der Waals surface area contributed by atoms with Crippen LogP contribution in [-0.2, 0) is 16.6 Å². The van der Waals surface area contributed by atoms with Gasteiger partial charge in [-0.15, -0.1) is 0 Å². The zero-order valence-electron chi connectivity index (χ0n) is 10.9. The molecule has 0 aliphatic carbocycles. The lowest BCUT2D eigenvalue weighted by molar-refractivity contribution is 0.217. The zero-order chi connectivity index (χ0) is 14.5. The molecule has 1 aromatic carbocycles. The van der Waals surface area contributed by atoms with Crippen LogP contribution in [0, 0.1) is 6.92 Å². The molecular formula is C12H20N2O4S. The van der Waals surface area contributed by atoms with Gasteiger partial charge in [0.15, 0.2) is 0 Å². The van der Waals surface area contributed by atoms with Crippen molar-refractivity contribution in [2.45, 2.75) is 18.4 Å². The molecule has 1 rings (SSSR count). The third kappa shape index (κ3) is 3.74. The number of nitrogens with two attached hydrogens (primary N) is 1. The summed E-state index contributed by atoms with van der Waals surface area (Å²) in [6.45, 7) is 1.26. The second-order valence-corrected chi connectivity index (χ2v) is 6.06. The molecule has 1 aromatic rings. The van der Waals surface area contributed by atoms with E-state index in [4.69, 9.17) is 15.9 Å². The lowest BCUT2D eigenvalue weighted by Gasteiger charge is -2.21. The largest absolute Gasteiger partial charge is 0.395 e. The number of benzene rings is 1. The van der Waals surface area contributed by atoms with Crippen molar-refractivity contribution in [2.75, 3.05) is 26.3 Å². The number of rotatable bonds is 7. The van der Waals surface area contributed by atoms with Crippen molar-refractivity contribution in [2.24, 2.45) is 5.73 Å². The van der Waals surface area contributed by atoms with E-state index in [0.717, 1.165) is 9.87 Å². The van der Waals surface area contributed by atoms with Crippen LogP contribution in [-0.4, -0.2) is 49.2 Å². The average molecular weight is 288 g/mol. The summed E-state index contributed by atoms with van der Waals surface area (Å²) in [5.74, 6) is 0. The Labute approximate surface area is 113 Å². The predicted octanol–water partition coefficient (Wildman–Crippen LogP) is -0.571. The Kier molecular flexibility index (Phi) is 5.89. The summed E-state index contributed by atoms with van der Waals surface area (Å²) in [5.41, 5.74) is 6.85. The first-order chi connectivity index (χ1) is 8.97. The van der Waals surface area contributed by atoms with E-state index in [9.17, 15) is 8.42 Å². The Morgan fingerprint density at radius 3 is 2.26 bits per heavy atom. The van der Waals surface area contributed by atoms with Gasteiger partial charge in [0.25, 0.3) is 0 Å². The van der Waals surface area contributed by atoms with Gasteiger partial charge in [-0.1, -0.05) is 12.1 Å². The fourth-order valence-corrected chi connectivity index (χ4v) is 3.46. The van der Waals surface area contributed by atoms with Crippen LogP contribution >= 0.6 is 0 Å². The van der Waals surface area contributed by atoms with Gasteiger partial charge < -0.3 is 15.9 Å². The monoisotopic (exact) mass is 288 g/mol. The quantitative estimate of drug-likeness (QED) is 0.623. The van der Waals surface area contributed by atoms with E-state index in [1.807, 2.05) is 0 Å². The Bertz CT molecular complexity index is 510. The number of aryl methyl sites for hydroxylation is 1. The normalized spacial score (nSPS) is 12.1. The van der Waals surface area contributed by atoms with Crippen molar-refractivity contribution < 1.29 is 18.6 Å². The molecular weight excluding hydrogens is 268 g/mol. The van der Waals surface area contributed by atoms with Gasteiger partial charge in [0.1, 0.15) is 0 Å². The van der Waals surface area contributed by atoms with Crippen LogP contribution in [0.3, 0.4) is 0 Å². The summed E-state index contributed by atoms with van der Waals surface area (Å²) < 4.78 is 26.0. The summed E-state index contributed by atoms with van der Waals surface area (Å²) in [4.78, 5) is 0.164. The minimum atomic E-state index is -3.73. The standard InChI is InChI=1S/C12H20N2O4S/c1-10-2-3-11(9-13)8-12(10)19(17,18)14(4-6-15)5-7-16/h2-3,8,15-16H,4-7,9,13H2,1H3. The van der Waals surface area contributed by atoms with Gasteiger partial charge in [0.05, 0.1) is 18.1 Å². The molecule has 0 aliphatic heterocycles. The van der Waals surface area contributed by atoms with Gasteiger partial charge >= 0.3 is 0 Å². The summed E-state index contributed by atoms with van der Waals surface area (Å²) in [6.07, 6.45) is 0. The third-order valence-corrected chi connectivity index (χ3v) is 4.85. The van der Waals surface area contributed by atoms with Crippen LogP contribution < -0.4 is 5.73 Å².